The average molecular weight is 570 g/mol. The van der Waals surface area contributed by atoms with Gasteiger partial charge in [-0.3, -0.25) is 0 Å². The number of hydrogen-bond acceptors (Lipinski definition) is 5. The molecule has 2 unspecified atom stereocenters. The Hall–Kier alpha value is -1.71. The number of aryl methyl sites for hydroxylation is 1. The number of likely N-dealkylation sites (tertiary alicyclic amines) is 1. The van der Waals surface area contributed by atoms with Gasteiger partial charge in [0.05, 0.1) is 10.4 Å². The molecule has 0 saturated carbocycles. The quantitative estimate of drug-likeness (QED) is 0.475. The van der Waals surface area contributed by atoms with Crippen LogP contribution in [0.5, 0.6) is 0 Å². The highest BCUT2D eigenvalue weighted by atomic mass is 35.5. The predicted molar refractivity (Wildman–Crippen MR) is 150 cm³/mol. The van der Waals surface area contributed by atoms with Crippen molar-refractivity contribution in [2.45, 2.75) is 67.5 Å². The average Bonchev–Trinajstić information content (AvgIpc) is 3.37. The number of nitrogens with zero attached hydrogens (tertiary/aromatic N) is 3. The first kappa shape index (κ1) is 28.3. The number of halogens is 3. The highest BCUT2D eigenvalue weighted by Crippen LogP contribution is 2.37. The molecular weight excluding hydrogens is 534 g/mol. The van der Waals surface area contributed by atoms with E-state index < -0.39 is 9.84 Å². The van der Waals surface area contributed by atoms with Gasteiger partial charge < -0.3 is 14.8 Å². The van der Waals surface area contributed by atoms with Crippen molar-refractivity contribution in [1.29, 1.82) is 0 Å². The number of fused-ring (bicyclic) bond motifs is 3. The van der Waals surface area contributed by atoms with Crippen LogP contribution in [0.1, 0.15) is 50.0 Å². The van der Waals surface area contributed by atoms with Crippen molar-refractivity contribution in [3.63, 3.8) is 0 Å². The van der Waals surface area contributed by atoms with E-state index in [-0.39, 0.29) is 41.4 Å². The van der Waals surface area contributed by atoms with Crippen molar-refractivity contribution < 1.29 is 12.8 Å². The monoisotopic (exact) mass is 568 g/mol. The third-order valence-electron chi connectivity index (χ3n) is 8.50. The number of rotatable bonds is 4. The van der Waals surface area contributed by atoms with E-state index in [1.54, 1.807) is 24.3 Å². The molecular formula is C27H35Cl2FN4O2S. The Morgan fingerprint density at radius 3 is 2.16 bits per heavy atom. The third-order valence-corrected chi connectivity index (χ3v) is 9.62. The minimum Gasteiger partial charge on any atom is -0.327 e. The summed E-state index contributed by atoms with van der Waals surface area (Å²) in [5, 5.41) is 3.73. The number of imidazole rings is 1. The second-order valence-electron chi connectivity index (χ2n) is 10.7. The van der Waals surface area contributed by atoms with Crippen LogP contribution in [0, 0.1) is 5.82 Å². The van der Waals surface area contributed by atoms with E-state index in [1.807, 2.05) is 23.7 Å². The Morgan fingerprint density at radius 1 is 0.946 bits per heavy atom. The highest BCUT2D eigenvalue weighted by molar-refractivity contribution is 7.90. The number of benzene rings is 2. The summed E-state index contributed by atoms with van der Waals surface area (Å²) in [6, 6.07) is 12.6. The summed E-state index contributed by atoms with van der Waals surface area (Å²) in [6.45, 7) is 2.07. The van der Waals surface area contributed by atoms with Gasteiger partial charge in [0, 0.05) is 37.0 Å². The molecule has 3 saturated heterocycles. The van der Waals surface area contributed by atoms with Crippen LogP contribution in [-0.4, -0.2) is 60.3 Å². The lowest BCUT2D eigenvalue weighted by molar-refractivity contribution is 0.110. The summed E-state index contributed by atoms with van der Waals surface area (Å²) in [5.74, 6) is 0.635. The van der Waals surface area contributed by atoms with Crippen molar-refractivity contribution in [3.05, 3.63) is 47.8 Å². The molecule has 2 bridgehead atoms. The van der Waals surface area contributed by atoms with Crippen molar-refractivity contribution >= 4 is 45.7 Å². The van der Waals surface area contributed by atoms with Gasteiger partial charge in [0.25, 0.3) is 0 Å². The van der Waals surface area contributed by atoms with Gasteiger partial charge in [-0.05, 0) is 93.4 Å². The molecule has 1 N–H and O–H groups in total. The molecule has 0 spiro atoms. The zero-order valence-corrected chi connectivity index (χ0v) is 23.6. The van der Waals surface area contributed by atoms with Crippen LogP contribution in [0.3, 0.4) is 0 Å². The summed E-state index contributed by atoms with van der Waals surface area (Å²) in [7, 11) is -1.39. The number of piperidine rings is 2. The molecule has 3 fully saturated rings. The van der Waals surface area contributed by atoms with Crippen LogP contribution in [0.2, 0.25) is 0 Å². The van der Waals surface area contributed by atoms with Crippen LogP contribution in [0.25, 0.3) is 22.4 Å². The minimum absolute atomic E-state index is 0. The van der Waals surface area contributed by atoms with E-state index in [9.17, 15) is 8.42 Å². The molecule has 37 heavy (non-hydrogen) atoms. The molecule has 3 aliphatic rings. The summed E-state index contributed by atoms with van der Waals surface area (Å²) >= 11 is 0. The first-order chi connectivity index (χ1) is 16.8. The number of aromatic nitrogens is 2. The maximum atomic E-state index is 15.8. The first-order valence-corrected chi connectivity index (χ1v) is 14.6. The lowest BCUT2D eigenvalue weighted by atomic mass is 9.87. The molecule has 2 aromatic carbocycles. The lowest BCUT2D eigenvalue weighted by Gasteiger charge is -2.41. The second-order valence-corrected chi connectivity index (χ2v) is 12.7. The third kappa shape index (κ3) is 5.28. The van der Waals surface area contributed by atoms with E-state index in [0.717, 1.165) is 42.6 Å². The topological polar surface area (TPSA) is 67.2 Å². The number of hydrogen-bond donors (Lipinski definition) is 1. The largest absolute Gasteiger partial charge is 0.327 e. The van der Waals surface area contributed by atoms with E-state index in [1.165, 1.54) is 31.9 Å². The normalized spacial score (nSPS) is 24.6. The fourth-order valence-corrected chi connectivity index (χ4v) is 7.20. The summed E-state index contributed by atoms with van der Waals surface area (Å²) in [5.41, 5.74) is 2.68. The summed E-state index contributed by atoms with van der Waals surface area (Å²) in [6.07, 6.45) is 8.29. The fourth-order valence-electron chi connectivity index (χ4n) is 6.57. The Kier molecular flexibility index (Phi) is 8.27. The Morgan fingerprint density at radius 2 is 1.57 bits per heavy atom. The molecule has 3 aromatic rings. The van der Waals surface area contributed by atoms with E-state index in [0.29, 0.717) is 29.5 Å². The second kappa shape index (κ2) is 10.8. The molecule has 6 rings (SSSR count). The van der Waals surface area contributed by atoms with Crippen LogP contribution in [-0.2, 0) is 16.9 Å². The summed E-state index contributed by atoms with van der Waals surface area (Å²) in [4.78, 5) is 7.57. The molecule has 3 aliphatic heterocycles. The SMILES string of the molecule is Cl.Cl.Cn1c(-c2ccc(S(C)(=O)=O)cc2)nc2c(F)c(C3CCN(C4CC5CCC(C4)N5)CC3)ccc21. The predicted octanol–water partition coefficient (Wildman–Crippen LogP) is 5.09. The van der Waals surface area contributed by atoms with Gasteiger partial charge in [-0.2, -0.15) is 0 Å². The van der Waals surface area contributed by atoms with Crippen LogP contribution in [0.4, 0.5) is 4.39 Å². The standard InChI is InChI=1S/C27H33FN4O2S.2ClH/c1-31-24-10-9-23(17-11-13-32(14-12-17)21-15-19-5-6-20(16-21)29-19)25(28)26(24)30-27(31)18-3-7-22(8-4-18)35(2,33)34;;/h3-4,7-10,17,19-21,29H,5-6,11-16H2,1-2H3;2*1H. The van der Waals surface area contributed by atoms with Crippen molar-refractivity contribution in [2.24, 2.45) is 7.05 Å². The van der Waals surface area contributed by atoms with Gasteiger partial charge in [-0.15, -0.1) is 24.8 Å². The smallest absolute Gasteiger partial charge is 0.175 e. The van der Waals surface area contributed by atoms with E-state index in [4.69, 9.17) is 0 Å². The van der Waals surface area contributed by atoms with Crippen molar-refractivity contribution in [3.8, 4) is 11.4 Å². The summed E-state index contributed by atoms with van der Waals surface area (Å²) < 4.78 is 41.2. The maximum Gasteiger partial charge on any atom is 0.175 e. The number of nitrogens with one attached hydrogen (secondary N) is 1. The highest BCUT2D eigenvalue weighted by Gasteiger charge is 2.37. The Balaban J connectivity index is 0.00000160. The van der Waals surface area contributed by atoms with Crippen molar-refractivity contribution in [2.75, 3.05) is 19.3 Å². The van der Waals surface area contributed by atoms with Gasteiger partial charge in [0.1, 0.15) is 11.3 Å². The molecule has 2 atom stereocenters. The maximum absolute atomic E-state index is 15.8. The van der Waals surface area contributed by atoms with Gasteiger partial charge in [-0.25, -0.2) is 17.8 Å². The van der Waals surface area contributed by atoms with Crippen molar-refractivity contribution in [1.82, 2.24) is 19.8 Å². The Labute approximate surface area is 230 Å². The lowest BCUT2D eigenvalue weighted by Crippen LogP contribution is -2.50. The van der Waals surface area contributed by atoms with Crippen LogP contribution >= 0.6 is 24.8 Å². The zero-order chi connectivity index (χ0) is 24.3. The van der Waals surface area contributed by atoms with Crippen LogP contribution < -0.4 is 5.32 Å². The van der Waals surface area contributed by atoms with Gasteiger partial charge in [0.15, 0.2) is 15.7 Å². The van der Waals surface area contributed by atoms with E-state index >= 15 is 4.39 Å². The van der Waals surface area contributed by atoms with Gasteiger partial charge >= 0.3 is 0 Å². The molecule has 0 radical (unpaired) electrons. The van der Waals surface area contributed by atoms with E-state index in [2.05, 4.69) is 15.2 Å². The minimum atomic E-state index is -3.27. The Bertz CT molecular complexity index is 1360. The molecule has 1 aromatic heterocycles. The number of sulfone groups is 1. The first-order valence-electron chi connectivity index (χ1n) is 12.7. The molecule has 0 amide bonds. The van der Waals surface area contributed by atoms with Gasteiger partial charge in [0.2, 0.25) is 0 Å². The molecule has 4 heterocycles. The van der Waals surface area contributed by atoms with Crippen LogP contribution in [0.15, 0.2) is 41.3 Å². The molecule has 6 nitrogen and oxygen atoms in total. The molecule has 0 aliphatic carbocycles. The fraction of sp³-hybridized carbons (Fsp3) is 0.519. The molecule has 202 valence electrons. The zero-order valence-electron chi connectivity index (χ0n) is 21.2. The molecule has 10 heteroatoms. The van der Waals surface area contributed by atoms with Gasteiger partial charge in [-0.1, -0.05) is 6.07 Å².